The van der Waals surface area contributed by atoms with Crippen molar-refractivity contribution in [1.82, 2.24) is 0 Å². The first-order valence-electron chi connectivity index (χ1n) is 10.9. The largest absolute Gasteiger partial charge is 1.00 e. The third-order valence-corrected chi connectivity index (χ3v) is 8.54. The summed E-state index contributed by atoms with van der Waals surface area (Å²) in [4.78, 5) is -0.217. The topological polar surface area (TPSA) is 129 Å². The zero-order valence-corrected chi connectivity index (χ0v) is 23.5. The molecule has 0 radical (unpaired) electrons. The van der Waals surface area contributed by atoms with Crippen molar-refractivity contribution in [2.45, 2.75) is 61.7 Å². The Hall–Kier alpha value is -1.27. The number of nitrogens with one attached hydrogen (secondary N) is 1. The van der Waals surface area contributed by atoms with E-state index in [-0.39, 0.29) is 39.3 Å². The van der Waals surface area contributed by atoms with Gasteiger partial charge in [0.15, 0.2) is 5.71 Å². The fraction of sp³-hybridized carbons (Fsp3) is 0.435. The second-order valence-electron chi connectivity index (χ2n) is 9.17. The Bertz CT molecular complexity index is 1380. The molecule has 0 unspecified atom stereocenters. The van der Waals surface area contributed by atoms with Gasteiger partial charge in [0.1, 0.15) is 26.8 Å². The van der Waals surface area contributed by atoms with Crippen LogP contribution in [-0.2, 0) is 38.5 Å². The Morgan fingerprint density at radius 2 is 1.59 bits per heavy atom. The molecule has 0 spiro atoms. The van der Waals surface area contributed by atoms with Crippen molar-refractivity contribution in [2.75, 3.05) is 18.4 Å². The van der Waals surface area contributed by atoms with Crippen molar-refractivity contribution in [3.05, 3.63) is 47.0 Å². The number of fused-ring (bicyclic) bond motifs is 1. The molecule has 0 bridgehead atoms. The molecule has 178 valence electrons. The summed E-state index contributed by atoms with van der Waals surface area (Å²) in [6, 6.07) is 7.77. The van der Waals surface area contributed by atoms with Crippen molar-refractivity contribution in [2.24, 2.45) is 0 Å². The summed E-state index contributed by atoms with van der Waals surface area (Å²) in [6.07, 6.45) is 3.97. The molecule has 3 aliphatic heterocycles. The molecule has 0 aliphatic carbocycles. The Kier molecular flexibility index (Phi) is 7.75. The molecule has 0 saturated carbocycles. The van der Waals surface area contributed by atoms with Crippen LogP contribution in [0.2, 0.25) is 0 Å². The van der Waals surface area contributed by atoms with Gasteiger partial charge in [-0.3, -0.25) is 0 Å². The Morgan fingerprint density at radius 3 is 2.24 bits per heavy atom. The molecular weight excluding hydrogens is 487 g/mol. The van der Waals surface area contributed by atoms with E-state index >= 15 is 0 Å². The molecule has 1 N–H and O–H groups in total. The Labute approximate surface area is 223 Å². The first-order valence-corrected chi connectivity index (χ1v) is 13.7. The van der Waals surface area contributed by atoms with Crippen LogP contribution in [0, 0.1) is 0 Å². The first kappa shape index (κ1) is 27.3. The van der Waals surface area contributed by atoms with Gasteiger partial charge in [-0.1, -0.05) is 12.1 Å². The average molecular weight is 515 g/mol. The maximum absolute atomic E-state index is 11.5. The average Bonchev–Trinajstić information content (AvgIpc) is 2.95. The molecule has 2 aromatic carbocycles. The van der Waals surface area contributed by atoms with Gasteiger partial charge in [0.05, 0.1) is 20.8 Å². The standard InChI is InChI=1S/C14H17NO3S.C9H11NO3S.Na/c1-9-14(2,3)12-11(19(16,17)18)7-6-10-5-4-8-15(9)13(10)12;11-14(12,13)8-4-3-7-2-1-5-10-9(7)6-8;/h6-7H,4-5,8H2,1-3H3;3-4,6,10H,1-2,5H2,(H,11,12,13);/q;;+1/p-1. The van der Waals surface area contributed by atoms with Gasteiger partial charge >= 0.3 is 29.6 Å². The summed E-state index contributed by atoms with van der Waals surface area (Å²) in [7, 11) is -8.76. The summed E-state index contributed by atoms with van der Waals surface area (Å²) in [5, 5.41) is 3.07. The predicted octanol–water partition coefficient (Wildman–Crippen LogP) is -0.114. The number of benzene rings is 2. The van der Waals surface area contributed by atoms with Crippen molar-refractivity contribution in [3.63, 3.8) is 0 Å². The maximum Gasteiger partial charge on any atom is 1.00 e. The van der Waals surface area contributed by atoms with Gasteiger partial charge in [-0.2, -0.15) is 4.58 Å². The van der Waals surface area contributed by atoms with Crippen LogP contribution < -0.4 is 34.9 Å². The van der Waals surface area contributed by atoms with E-state index in [0.29, 0.717) is 5.56 Å². The van der Waals surface area contributed by atoms with Crippen molar-refractivity contribution in [3.8, 4) is 0 Å². The number of nitrogens with zero attached hydrogens (tertiary/aromatic N) is 1. The van der Waals surface area contributed by atoms with Crippen LogP contribution in [0.5, 0.6) is 0 Å². The van der Waals surface area contributed by atoms with Crippen LogP contribution >= 0.6 is 0 Å². The summed E-state index contributed by atoms with van der Waals surface area (Å²) in [6.45, 7) is 7.74. The third-order valence-electron chi connectivity index (χ3n) is 6.83. The minimum atomic E-state index is -4.44. The molecule has 11 heteroatoms. The number of aryl methyl sites for hydroxylation is 2. The number of hydrogen-bond donors (Lipinski definition) is 1. The molecule has 8 nitrogen and oxygen atoms in total. The normalized spacial score (nSPS) is 18.0. The smallest absolute Gasteiger partial charge is 0.744 e. The van der Waals surface area contributed by atoms with Crippen molar-refractivity contribution in [1.29, 1.82) is 0 Å². The van der Waals surface area contributed by atoms with Crippen LogP contribution in [0.25, 0.3) is 0 Å². The van der Waals surface area contributed by atoms with Gasteiger partial charge in [0.25, 0.3) is 0 Å². The second-order valence-corrected chi connectivity index (χ2v) is 11.9. The monoisotopic (exact) mass is 514 g/mol. The molecule has 5 rings (SSSR count). The molecule has 0 aromatic heterocycles. The van der Waals surface area contributed by atoms with E-state index in [1.807, 2.05) is 20.8 Å². The van der Waals surface area contributed by atoms with Crippen LogP contribution in [0.3, 0.4) is 0 Å². The van der Waals surface area contributed by atoms with Gasteiger partial charge in [0, 0.05) is 31.1 Å². The van der Waals surface area contributed by atoms with E-state index in [9.17, 15) is 25.9 Å². The third kappa shape index (κ3) is 5.00. The predicted molar refractivity (Wildman–Crippen MR) is 122 cm³/mol. The zero-order chi connectivity index (χ0) is 24.2. The Balaban J connectivity index is 0.000000193. The van der Waals surface area contributed by atoms with E-state index in [4.69, 9.17) is 0 Å². The number of rotatable bonds is 2. The molecule has 34 heavy (non-hydrogen) atoms. The van der Waals surface area contributed by atoms with Crippen LogP contribution in [0.1, 0.15) is 50.3 Å². The minimum absolute atomic E-state index is 0. The number of anilines is 1. The molecule has 0 fully saturated rings. The van der Waals surface area contributed by atoms with E-state index < -0.39 is 25.7 Å². The van der Waals surface area contributed by atoms with Gasteiger partial charge < -0.3 is 14.4 Å². The quantitative estimate of drug-likeness (QED) is 0.336. The fourth-order valence-electron chi connectivity index (χ4n) is 4.93. The van der Waals surface area contributed by atoms with Gasteiger partial charge in [-0.15, -0.1) is 0 Å². The second kappa shape index (κ2) is 9.65. The van der Waals surface area contributed by atoms with Gasteiger partial charge in [0.2, 0.25) is 5.69 Å². The summed E-state index contributed by atoms with van der Waals surface area (Å²) in [5.41, 5.74) is 5.38. The van der Waals surface area contributed by atoms with Crippen molar-refractivity contribution >= 4 is 37.3 Å². The Morgan fingerprint density at radius 1 is 0.941 bits per heavy atom. The molecule has 0 saturated heterocycles. The molecule has 3 heterocycles. The van der Waals surface area contributed by atoms with E-state index in [0.717, 1.165) is 67.0 Å². The van der Waals surface area contributed by atoms with Gasteiger partial charge in [-0.05, 0) is 56.9 Å². The maximum atomic E-state index is 11.5. The fourth-order valence-corrected chi connectivity index (χ4v) is 6.26. The van der Waals surface area contributed by atoms with Gasteiger partial charge in [-0.25, -0.2) is 16.8 Å². The molecule has 0 amide bonds. The minimum Gasteiger partial charge on any atom is -0.744 e. The first-order chi connectivity index (χ1) is 15.3. The zero-order valence-electron chi connectivity index (χ0n) is 19.8. The molecule has 0 atom stereocenters. The van der Waals surface area contributed by atoms with E-state index in [2.05, 4.69) is 9.89 Å². The summed E-state index contributed by atoms with van der Waals surface area (Å²) < 4.78 is 69.0. The molecule has 3 aliphatic rings. The van der Waals surface area contributed by atoms with E-state index in [1.165, 1.54) is 18.2 Å². The summed E-state index contributed by atoms with van der Waals surface area (Å²) >= 11 is 0. The summed E-state index contributed by atoms with van der Waals surface area (Å²) in [5.74, 6) is 0. The van der Waals surface area contributed by atoms with E-state index in [1.54, 1.807) is 12.1 Å². The molecule has 2 aromatic rings. The SMILES string of the molecule is CC1=[N+]2CCCc3ccc(S(=O)(=O)[O-])c(c32)C1(C)C.O=S(=O)([O-])c1ccc2c(c1)NCCC2.[Na+]. The van der Waals surface area contributed by atoms with Crippen LogP contribution in [0.4, 0.5) is 11.4 Å². The molecular formula is C23H27N2NaO6S2. The van der Waals surface area contributed by atoms with Crippen molar-refractivity contribution < 1.29 is 60.1 Å². The van der Waals surface area contributed by atoms with Crippen LogP contribution in [0.15, 0.2) is 40.1 Å². The van der Waals surface area contributed by atoms with Crippen LogP contribution in [-0.4, -0.2) is 49.3 Å². The number of hydrogen-bond acceptors (Lipinski definition) is 7.